The molecule has 1 aliphatic rings. The molecule has 2 aromatic rings. The molecule has 1 aromatic heterocycles. The molecule has 0 saturated carbocycles. The van der Waals surface area contributed by atoms with Crippen molar-refractivity contribution in [2.45, 2.75) is 18.6 Å². The molecule has 1 atom stereocenters. The number of rotatable bonds is 6. The Hall–Kier alpha value is -3.12. The van der Waals surface area contributed by atoms with Gasteiger partial charge in [0.25, 0.3) is 5.91 Å². The van der Waals surface area contributed by atoms with Crippen molar-refractivity contribution in [3.8, 4) is 11.3 Å². The Bertz CT molecular complexity index is 1110. The number of amides is 1. The van der Waals surface area contributed by atoms with Crippen LogP contribution in [0.15, 0.2) is 45.7 Å². The van der Waals surface area contributed by atoms with Gasteiger partial charge in [0.05, 0.1) is 16.9 Å². The molecular weight excluding hydrogens is 459 g/mol. The van der Waals surface area contributed by atoms with Crippen molar-refractivity contribution in [1.29, 1.82) is 0 Å². The van der Waals surface area contributed by atoms with E-state index >= 15 is 0 Å². The minimum Gasteiger partial charge on any atom is -0.481 e. The second kappa shape index (κ2) is 8.55. The van der Waals surface area contributed by atoms with Gasteiger partial charge in [-0.25, -0.2) is 4.79 Å². The summed E-state index contributed by atoms with van der Waals surface area (Å²) in [5.74, 6) is -3.84. The zero-order valence-corrected chi connectivity index (χ0v) is 16.9. The third kappa shape index (κ3) is 4.80. The molecule has 2 heterocycles. The molecule has 12 heteroatoms. The van der Waals surface area contributed by atoms with Gasteiger partial charge in [0, 0.05) is 11.6 Å². The third-order valence-electron chi connectivity index (χ3n) is 4.19. The van der Waals surface area contributed by atoms with Crippen LogP contribution in [0.1, 0.15) is 17.7 Å². The summed E-state index contributed by atoms with van der Waals surface area (Å²) in [4.78, 5) is 35.6. The lowest BCUT2D eigenvalue weighted by Gasteiger charge is -2.21. The summed E-state index contributed by atoms with van der Waals surface area (Å²) in [5, 5.41) is 18.2. The van der Waals surface area contributed by atoms with Crippen molar-refractivity contribution < 1.29 is 42.2 Å². The average molecular weight is 471 g/mol. The molecule has 0 aliphatic carbocycles. The molecule has 0 bridgehead atoms. The monoisotopic (exact) mass is 471 g/mol. The molecule has 3 rings (SSSR count). The van der Waals surface area contributed by atoms with Crippen LogP contribution in [0.3, 0.4) is 0 Å². The molecule has 1 unspecified atom stereocenters. The van der Waals surface area contributed by atoms with Gasteiger partial charge in [0.15, 0.2) is 0 Å². The molecule has 162 valence electrons. The Labute approximate surface area is 182 Å². The van der Waals surface area contributed by atoms with E-state index in [0.717, 1.165) is 17.8 Å². The summed E-state index contributed by atoms with van der Waals surface area (Å²) >= 11 is 5.75. The fourth-order valence-electron chi connectivity index (χ4n) is 2.85. The Morgan fingerprint density at radius 1 is 1.19 bits per heavy atom. The maximum absolute atomic E-state index is 13.2. The number of thiocarbonyl (C=S) groups is 1. The topological polar surface area (TPSA) is 108 Å². The number of alkyl halides is 3. The number of aliphatic carboxylic acids is 2. The molecular formula is C19H12F3NO6S2. The van der Waals surface area contributed by atoms with E-state index in [-0.39, 0.29) is 26.3 Å². The molecule has 31 heavy (non-hydrogen) atoms. The minimum atomic E-state index is -4.60. The molecule has 0 radical (unpaired) electrons. The van der Waals surface area contributed by atoms with Gasteiger partial charge in [-0.2, -0.15) is 13.2 Å². The van der Waals surface area contributed by atoms with Crippen LogP contribution in [0.5, 0.6) is 0 Å². The fraction of sp³-hybridized carbons (Fsp3) is 0.158. The van der Waals surface area contributed by atoms with Crippen molar-refractivity contribution in [2.24, 2.45) is 0 Å². The number of hydrogen-bond acceptors (Lipinski definition) is 6. The number of carboxylic acids is 2. The summed E-state index contributed by atoms with van der Waals surface area (Å²) in [6.45, 7) is 0. The predicted molar refractivity (Wildman–Crippen MR) is 108 cm³/mol. The van der Waals surface area contributed by atoms with Crippen LogP contribution in [0.2, 0.25) is 0 Å². The molecule has 1 aliphatic heterocycles. The van der Waals surface area contributed by atoms with Crippen LogP contribution >= 0.6 is 24.0 Å². The second-order valence-corrected chi connectivity index (χ2v) is 7.92. The molecule has 7 nitrogen and oxygen atoms in total. The highest BCUT2D eigenvalue weighted by Crippen LogP contribution is 2.39. The van der Waals surface area contributed by atoms with Crippen molar-refractivity contribution >= 4 is 52.2 Å². The lowest BCUT2D eigenvalue weighted by Crippen LogP contribution is -2.45. The zero-order chi connectivity index (χ0) is 22.9. The number of benzene rings is 1. The van der Waals surface area contributed by atoms with E-state index in [9.17, 15) is 32.7 Å². The number of furan rings is 1. The first-order valence-corrected chi connectivity index (χ1v) is 9.69. The van der Waals surface area contributed by atoms with Crippen LogP contribution in [0.25, 0.3) is 17.4 Å². The van der Waals surface area contributed by atoms with Gasteiger partial charge in [-0.1, -0.05) is 42.2 Å². The highest BCUT2D eigenvalue weighted by molar-refractivity contribution is 8.26. The summed E-state index contributed by atoms with van der Waals surface area (Å²) in [6, 6.07) is 5.79. The fourth-order valence-corrected chi connectivity index (χ4v) is 4.19. The standard InChI is InChI=1S/C19H12F3NO6S2/c20-19(21,22)11-4-2-1-3-10(11)13-6-5-9(29-13)7-14-16(26)23(18(30)31-14)12(17(27)28)8-15(24)25/h1-7,12H,8H2,(H,24,25)(H,27,28)/b14-7+. The molecule has 1 saturated heterocycles. The van der Waals surface area contributed by atoms with Crippen LogP contribution < -0.4 is 0 Å². The van der Waals surface area contributed by atoms with Crippen LogP contribution in [-0.2, 0) is 20.6 Å². The smallest absolute Gasteiger partial charge is 0.417 e. The van der Waals surface area contributed by atoms with E-state index in [0.29, 0.717) is 4.90 Å². The quantitative estimate of drug-likeness (QED) is 0.479. The van der Waals surface area contributed by atoms with E-state index in [4.69, 9.17) is 21.7 Å². The summed E-state index contributed by atoms with van der Waals surface area (Å²) in [6.07, 6.45) is -4.24. The third-order valence-corrected chi connectivity index (χ3v) is 5.52. The van der Waals surface area contributed by atoms with E-state index in [1.807, 2.05) is 0 Å². The van der Waals surface area contributed by atoms with Gasteiger partial charge in [-0.15, -0.1) is 0 Å². The second-order valence-electron chi connectivity index (χ2n) is 6.25. The number of halogens is 3. The van der Waals surface area contributed by atoms with E-state index < -0.39 is 42.0 Å². The van der Waals surface area contributed by atoms with Crippen molar-refractivity contribution in [2.75, 3.05) is 0 Å². The Morgan fingerprint density at radius 3 is 2.48 bits per heavy atom. The van der Waals surface area contributed by atoms with Gasteiger partial charge >= 0.3 is 18.1 Å². The van der Waals surface area contributed by atoms with Crippen LogP contribution in [0.4, 0.5) is 13.2 Å². The Morgan fingerprint density at radius 2 is 1.87 bits per heavy atom. The number of carbonyl (C=O) groups excluding carboxylic acids is 1. The number of nitrogens with zero attached hydrogens (tertiary/aromatic N) is 1. The lowest BCUT2D eigenvalue weighted by atomic mass is 10.1. The average Bonchev–Trinajstić information content (AvgIpc) is 3.24. The van der Waals surface area contributed by atoms with E-state index in [2.05, 4.69) is 0 Å². The minimum absolute atomic E-state index is 0.0394. The maximum Gasteiger partial charge on any atom is 0.417 e. The summed E-state index contributed by atoms with van der Waals surface area (Å²) in [7, 11) is 0. The SMILES string of the molecule is O=C(O)CC(C(=O)O)N1C(=O)/C(=C\c2ccc(-c3ccccc3C(F)(F)F)o2)SC1=S. The molecule has 1 aromatic carbocycles. The predicted octanol–water partition coefficient (Wildman–Crippen LogP) is 4.09. The zero-order valence-electron chi connectivity index (χ0n) is 15.3. The number of carbonyl (C=O) groups is 3. The normalized spacial score (nSPS) is 16.7. The lowest BCUT2D eigenvalue weighted by molar-refractivity contribution is -0.150. The number of hydrogen-bond donors (Lipinski definition) is 2. The van der Waals surface area contributed by atoms with Crippen molar-refractivity contribution in [3.05, 3.63) is 52.6 Å². The highest BCUT2D eigenvalue weighted by Gasteiger charge is 2.41. The largest absolute Gasteiger partial charge is 0.481 e. The molecule has 0 spiro atoms. The molecule has 2 N–H and O–H groups in total. The summed E-state index contributed by atoms with van der Waals surface area (Å²) < 4.78 is 45.0. The Kier molecular flexibility index (Phi) is 6.23. The van der Waals surface area contributed by atoms with Crippen LogP contribution in [-0.4, -0.2) is 43.3 Å². The summed E-state index contributed by atoms with van der Waals surface area (Å²) in [5.41, 5.74) is -1.07. The first-order valence-electron chi connectivity index (χ1n) is 8.47. The van der Waals surface area contributed by atoms with Gasteiger partial charge in [0.1, 0.15) is 21.9 Å². The number of carboxylic acid groups (broad SMARTS) is 2. The van der Waals surface area contributed by atoms with Crippen molar-refractivity contribution in [3.63, 3.8) is 0 Å². The Balaban J connectivity index is 1.91. The van der Waals surface area contributed by atoms with E-state index in [1.54, 1.807) is 0 Å². The van der Waals surface area contributed by atoms with Gasteiger partial charge in [-0.3, -0.25) is 14.5 Å². The van der Waals surface area contributed by atoms with Gasteiger partial charge < -0.3 is 14.6 Å². The van der Waals surface area contributed by atoms with Crippen molar-refractivity contribution in [1.82, 2.24) is 4.90 Å². The molecule has 1 fully saturated rings. The highest BCUT2D eigenvalue weighted by atomic mass is 32.2. The van der Waals surface area contributed by atoms with Gasteiger partial charge in [0.2, 0.25) is 0 Å². The molecule has 1 amide bonds. The first-order chi connectivity index (χ1) is 14.5. The number of thioether (sulfide) groups is 1. The first kappa shape index (κ1) is 22.6. The van der Waals surface area contributed by atoms with Gasteiger partial charge in [-0.05, 0) is 18.2 Å². The maximum atomic E-state index is 13.2. The van der Waals surface area contributed by atoms with E-state index in [1.165, 1.54) is 36.4 Å². The van der Waals surface area contributed by atoms with Crippen LogP contribution in [0, 0.1) is 0 Å².